The molecule has 0 aliphatic rings. The Bertz CT molecular complexity index is 200. The zero-order chi connectivity index (χ0) is 12.8. The molecule has 0 saturated heterocycles. The lowest BCUT2D eigenvalue weighted by atomic mass is 10.1. The third-order valence-electron chi connectivity index (χ3n) is 2.57. The Morgan fingerprint density at radius 1 is 1.00 bits per heavy atom. The van der Waals surface area contributed by atoms with Crippen molar-refractivity contribution in [3.05, 3.63) is 19.3 Å². The maximum absolute atomic E-state index is 10.1. The number of ether oxygens (including phenoxy) is 1. The number of hydrogen-bond donors (Lipinski definition) is 1. The van der Waals surface area contributed by atoms with Crippen LogP contribution in [0.1, 0.15) is 57.8 Å². The fourth-order valence-electron chi connectivity index (χ4n) is 1.60. The van der Waals surface area contributed by atoms with Crippen LogP contribution in [0.4, 0.5) is 0 Å². The van der Waals surface area contributed by atoms with Gasteiger partial charge in [0.2, 0.25) is 0 Å². The maximum Gasteiger partial charge on any atom is 0.331 e. The maximum atomic E-state index is 10.1. The number of carboxylic acids is 1. The molecule has 17 heavy (non-hydrogen) atoms. The SMILES string of the molecule is [CH2]CCCCCCCCCCOC=CC(=O)O. The minimum atomic E-state index is -0.965. The zero-order valence-electron chi connectivity index (χ0n) is 10.7. The van der Waals surface area contributed by atoms with E-state index in [-0.39, 0.29) is 0 Å². The van der Waals surface area contributed by atoms with Gasteiger partial charge in [-0.2, -0.15) is 0 Å². The predicted molar refractivity (Wildman–Crippen MR) is 69.6 cm³/mol. The number of unbranched alkanes of at least 4 members (excludes halogenated alkanes) is 8. The molecule has 0 spiro atoms. The van der Waals surface area contributed by atoms with Crippen LogP contribution in [-0.4, -0.2) is 17.7 Å². The van der Waals surface area contributed by atoms with Gasteiger partial charge in [0.1, 0.15) is 0 Å². The first-order valence-electron chi connectivity index (χ1n) is 6.57. The molecule has 0 unspecified atom stereocenters. The van der Waals surface area contributed by atoms with Crippen molar-refractivity contribution in [2.24, 2.45) is 0 Å². The molecular weight excluding hydrogens is 216 g/mol. The molecule has 3 nitrogen and oxygen atoms in total. The fraction of sp³-hybridized carbons (Fsp3) is 0.714. The van der Waals surface area contributed by atoms with Gasteiger partial charge in [0.25, 0.3) is 0 Å². The van der Waals surface area contributed by atoms with Crippen molar-refractivity contribution < 1.29 is 14.6 Å². The molecule has 0 amide bonds. The van der Waals surface area contributed by atoms with Crippen molar-refractivity contribution in [2.75, 3.05) is 6.61 Å². The van der Waals surface area contributed by atoms with E-state index in [4.69, 9.17) is 9.84 Å². The standard InChI is InChI=1S/C14H25O3/c1-2-3-4-5-6-7-8-9-10-12-17-13-11-14(15)16/h11,13H,1-10,12H2,(H,15,16). The van der Waals surface area contributed by atoms with Gasteiger partial charge in [0.05, 0.1) is 18.9 Å². The second-order valence-corrected chi connectivity index (χ2v) is 4.19. The lowest BCUT2D eigenvalue weighted by molar-refractivity contribution is -0.131. The van der Waals surface area contributed by atoms with Crippen molar-refractivity contribution >= 4 is 5.97 Å². The van der Waals surface area contributed by atoms with Gasteiger partial charge in [-0.25, -0.2) is 4.79 Å². The number of carboxylic acid groups (broad SMARTS) is 1. The highest BCUT2D eigenvalue weighted by atomic mass is 16.5. The number of rotatable bonds is 12. The molecule has 0 aromatic rings. The number of aliphatic carboxylic acids is 1. The van der Waals surface area contributed by atoms with Crippen LogP contribution in [0.5, 0.6) is 0 Å². The average Bonchev–Trinajstić information content (AvgIpc) is 2.30. The lowest BCUT2D eigenvalue weighted by Crippen LogP contribution is -1.91. The molecule has 99 valence electrons. The quantitative estimate of drug-likeness (QED) is 0.320. The largest absolute Gasteiger partial charge is 0.501 e. The number of carbonyl (C=O) groups is 1. The van der Waals surface area contributed by atoms with E-state index < -0.39 is 5.97 Å². The van der Waals surface area contributed by atoms with Gasteiger partial charge in [0.15, 0.2) is 0 Å². The van der Waals surface area contributed by atoms with Crippen LogP contribution in [0.2, 0.25) is 0 Å². The smallest absolute Gasteiger partial charge is 0.331 e. The average molecular weight is 241 g/mol. The van der Waals surface area contributed by atoms with Crippen LogP contribution < -0.4 is 0 Å². The highest BCUT2D eigenvalue weighted by Gasteiger charge is 1.92. The van der Waals surface area contributed by atoms with Gasteiger partial charge in [-0.3, -0.25) is 0 Å². The molecule has 0 rings (SSSR count). The van der Waals surface area contributed by atoms with E-state index >= 15 is 0 Å². The van der Waals surface area contributed by atoms with E-state index in [0.717, 1.165) is 25.3 Å². The normalized spacial score (nSPS) is 10.9. The third-order valence-corrected chi connectivity index (χ3v) is 2.57. The minimum absolute atomic E-state index is 0.616. The van der Waals surface area contributed by atoms with Crippen LogP contribution in [0.15, 0.2) is 12.3 Å². The molecule has 0 aromatic carbocycles. The Labute approximate surface area is 105 Å². The highest BCUT2D eigenvalue weighted by molar-refractivity contribution is 5.79. The van der Waals surface area contributed by atoms with Gasteiger partial charge in [-0.05, 0) is 6.42 Å². The molecule has 0 aliphatic carbocycles. The summed E-state index contributed by atoms with van der Waals surface area (Å²) >= 11 is 0. The lowest BCUT2D eigenvalue weighted by Gasteiger charge is -2.02. The second kappa shape index (κ2) is 13.1. The summed E-state index contributed by atoms with van der Waals surface area (Å²) in [6, 6.07) is 0. The fourth-order valence-corrected chi connectivity index (χ4v) is 1.60. The first-order chi connectivity index (χ1) is 8.27. The molecule has 3 heteroatoms. The summed E-state index contributed by atoms with van der Waals surface area (Å²) in [5, 5.41) is 8.30. The minimum Gasteiger partial charge on any atom is -0.501 e. The summed E-state index contributed by atoms with van der Waals surface area (Å²) in [6.45, 7) is 4.44. The monoisotopic (exact) mass is 241 g/mol. The predicted octanol–water partition coefficient (Wildman–Crippen LogP) is 3.95. The van der Waals surface area contributed by atoms with Gasteiger partial charge < -0.3 is 9.84 Å². The van der Waals surface area contributed by atoms with E-state index in [2.05, 4.69) is 6.92 Å². The molecule has 0 saturated carbocycles. The van der Waals surface area contributed by atoms with E-state index in [1.54, 1.807) is 0 Å². The zero-order valence-corrected chi connectivity index (χ0v) is 10.7. The molecule has 1 radical (unpaired) electrons. The van der Waals surface area contributed by atoms with Gasteiger partial charge >= 0.3 is 5.97 Å². The van der Waals surface area contributed by atoms with Gasteiger partial charge in [-0.1, -0.05) is 58.3 Å². The molecule has 0 fully saturated rings. The Balaban J connectivity index is 3.01. The van der Waals surface area contributed by atoms with Crippen LogP contribution in [0, 0.1) is 6.92 Å². The van der Waals surface area contributed by atoms with Gasteiger partial charge in [-0.15, -0.1) is 0 Å². The highest BCUT2D eigenvalue weighted by Crippen LogP contribution is 2.09. The third kappa shape index (κ3) is 15.0. The van der Waals surface area contributed by atoms with E-state index in [9.17, 15) is 4.79 Å². The number of hydrogen-bond acceptors (Lipinski definition) is 2. The Morgan fingerprint density at radius 3 is 2.06 bits per heavy atom. The van der Waals surface area contributed by atoms with Crippen LogP contribution >= 0.6 is 0 Å². The van der Waals surface area contributed by atoms with Crippen LogP contribution in [0.25, 0.3) is 0 Å². The molecule has 0 aliphatic heterocycles. The summed E-state index contributed by atoms with van der Waals surface area (Å²) in [6.07, 6.45) is 13.2. The van der Waals surface area contributed by atoms with Crippen molar-refractivity contribution in [2.45, 2.75) is 57.8 Å². The molecule has 0 bridgehead atoms. The topological polar surface area (TPSA) is 46.5 Å². The first-order valence-corrected chi connectivity index (χ1v) is 6.57. The van der Waals surface area contributed by atoms with Crippen LogP contribution in [0.3, 0.4) is 0 Å². The molecule has 0 heterocycles. The Kier molecular flexibility index (Phi) is 12.3. The molecule has 0 atom stereocenters. The van der Waals surface area contributed by atoms with Crippen molar-refractivity contribution in [1.82, 2.24) is 0 Å². The molecule has 1 N–H and O–H groups in total. The molecule has 0 aromatic heterocycles. The van der Waals surface area contributed by atoms with Crippen LogP contribution in [-0.2, 0) is 9.53 Å². The Morgan fingerprint density at radius 2 is 1.53 bits per heavy atom. The van der Waals surface area contributed by atoms with E-state index in [1.807, 2.05) is 0 Å². The summed E-state index contributed by atoms with van der Waals surface area (Å²) in [7, 11) is 0. The summed E-state index contributed by atoms with van der Waals surface area (Å²) in [4.78, 5) is 10.1. The van der Waals surface area contributed by atoms with Gasteiger partial charge in [0, 0.05) is 0 Å². The van der Waals surface area contributed by atoms with Crippen molar-refractivity contribution in [1.29, 1.82) is 0 Å². The van der Waals surface area contributed by atoms with E-state index in [1.165, 1.54) is 44.8 Å². The van der Waals surface area contributed by atoms with Crippen molar-refractivity contribution in [3.63, 3.8) is 0 Å². The Hall–Kier alpha value is -0.990. The second-order valence-electron chi connectivity index (χ2n) is 4.19. The molecular formula is C14H25O3. The summed E-state index contributed by atoms with van der Waals surface area (Å²) in [5.41, 5.74) is 0. The van der Waals surface area contributed by atoms with Crippen molar-refractivity contribution in [3.8, 4) is 0 Å². The van der Waals surface area contributed by atoms with E-state index in [0.29, 0.717) is 6.61 Å². The first kappa shape index (κ1) is 16.0. The summed E-state index contributed by atoms with van der Waals surface area (Å²) < 4.78 is 5.04. The summed E-state index contributed by atoms with van der Waals surface area (Å²) in [5.74, 6) is -0.965.